The molecule has 0 N–H and O–H groups in total. The average Bonchev–Trinajstić information content (AvgIpc) is 3.38. The molecule has 0 amide bonds. The van der Waals surface area contributed by atoms with E-state index in [4.69, 9.17) is 4.98 Å². The van der Waals surface area contributed by atoms with Crippen LogP contribution >= 0.6 is 0 Å². The van der Waals surface area contributed by atoms with Crippen LogP contribution in [0.25, 0.3) is 28.0 Å². The lowest BCUT2D eigenvalue weighted by atomic mass is 10.1. The van der Waals surface area contributed by atoms with Crippen LogP contribution in [-0.4, -0.2) is 63.8 Å². The molecule has 0 unspecified atom stereocenters. The van der Waals surface area contributed by atoms with Crippen LogP contribution in [0.3, 0.4) is 0 Å². The lowest BCUT2D eigenvalue weighted by Gasteiger charge is -2.26. The minimum atomic E-state index is -2.86. The lowest BCUT2D eigenvalue weighted by Crippen LogP contribution is -2.40. The number of pyridine rings is 1. The number of aromatic nitrogens is 4. The Labute approximate surface area is 192 Å². The molecule has 0 bridgehead atoms. The van der Waals surface area contributed by atoms with Gasteiger partial charge in [0.2, 0.25) is 0 Å². The molecule has 172 valence electrons. The summed E-state index contributed by atoms with van der Waals surface area (Å²) in [5, 5.41) is 5.35. The Morgan fingerprint density at radius 3 is 2.64 bits per heavy atom. The molecule has 0 atom stereocenters. The standard InChI is InChI=1S/C24H26FN5O2S/c1-28-17-21(15-26-28)30-16-19(5-3-9-29-10-12-33(31,32)13-11-29)22-7-8-23(27-24(22)30)18-4-2-6-20(25)14-18/h2,4,6-8,14-17H,3,5,9-13H2,1H3. The topological polar surface area (TPSA) is 73.0 Å². The van der Waals surface area contributed by atoms with Gasteiger partial charge in [-0.25, -0.2) is 17.8 Å². The van der Waals surface area contributed by atoms with Crippen molar-refractivity contribution in [2.75, 3.05) is 31.1 Å². The van der Waals surface area contributed by atoms with Gasteiger partial charge in [0.1, 0.15) is 11.5 Å². The van der Waals surface area contributed by atoms with E-state index in [1.54, 1.807) is 16.9 Å². The monoisotopic (exact) mass is 467 g/mol. The summed E-state index contributed by atoms with van der Waals surface area (Å²) in [7, 11) is -0.986. The van der Waals surface area contributed by atoms with Crippen molar-refractivity contribution in [3.63, 3.8) is 0 Å². The zero-order valence-electron chi connectivity index (χ0n) is 18.5. The van der Waals surface area contributed by atoms with Crippen molar-refractivity contribution in [2.24, 2.45) is 7.05 Å². The van der Waals surface area contributed by atoms with E-state index >= 15 is 0 Å². The lowest BCUT2D eigenvalue weighted by molar-refractivity contribution is 0.292. The van der Waals surface area contributed by atoms with E-state index in [-0.39, 0.29) is 17.3 Å². The van der Waals surface area contributed by atoms with Crippen LogP contribution < -0.4 is 0 Å². The van der Waals surface area contributed by atoms with E-state index < -0.39 is 9.84 Å². The molecule has 1 aromatic carbocycles. The van der Waals surface area contributed by atoms with Gasteiger partial charge in [0.25, 0.3) is 0 Å². The van der Waals surface area contributed by atoms with E-state index in [1.165, 1.54) is 17.7 Å². The molecule has 3 aromatic heterocycles. The molecular weight excluding hydrogens is 441 g/mol. The fourth-order valence-corrected chi connectivity index (χ4v) is 5.65. The summed E-state index contributed by atoms with van der Waals surface area (Å²) in [4.78, 5) is 7.11. The number of hydrogen-bond acceptors (Lipinski definition) is 5. The van der Waals surface area contributed by atoms with Crippen LogP contribution in [0.2, 0.25) is 0 Å². The molecule has 1 saturated heterocycles. The third kappa shape index (κ3) is 4.69. The zero-order chi connectivity index (χ0) is 23.0. The summed E-state index contributed by atoms with van der Waals surface area (Å²) < 4.78 is 40.9. The molecule has 1 aliphatic heterocycles. The van der Waals surface area contributed by atoms with Gasteiger partial charge in [0, 0.05) is 43.5 Å². The van der Waals surface area contributed by atoms with Crippen molar-refractivity contribution < 1.29 is 12.8 Å². The van der Waals surface area contributed by atoms with E-state index in [9.17, 15) is 12.8 Å². The average molecular weight is 468 g/mol. The minimum absolute atomic E-state index is 0.250. The first-order valence-electron chi connectivity index (χ1n) is 11.1. The van der Waals surface area contributed by atoms with Crippen LogP contribution in [0.1, 0.15) is 12.0 Å². The molecule has 0 spiro atoms. The minimum Gasteiger partial charge on any atom is -0.301 e. The highest BCUT2D eigenvalue weighted by Crippen LogP contribution is 2.28. The summed E-state index contributed by atoms with van der Waals surface area (Å²) in [5.41, 5.74) is 4.35. The second-order valence-corrected chi connectivity index (χ2v) is 10.9. The smallest absolute Gasteiger partial charge is 0.152 e. The maximum Gasteiger partial charge on any atom is 0.152 e. The molecule has 4 heterocycles. The summed E-state index contributed by atoms with van der Waals surface area (Å²) in [6, 6.07) is 10.5. The van der Waals surface area contributed by atoms with Crippen LogP contribution in [0.5, 0.6) is 0 Å². The van der Waals surface area contributed by atoms with Crippen molar-refractivity contribution in [3.05, 3.63) is 66.4 Å². The first-order valence-corrected chi connectivity index (χ1v) is 12.9. The normalized spacial score (nSPS) is 16.4. The zero-order valence-corrected chi connectivity index (χ0v) is 19.3. The van der Waals surface area contributed by atoms with E-state index in [0.29, 0.717) is 18.8 Å². The first-order chi connectivity index (χ1) is 15.9. The van der Waals surface area contributed by atoms with Crippen LogP contribution in [-0.2, 0) is 23.3 Å². The number of nitrogens with zero attached hydrogens (tertiary/aromatic N) is 5. The van der Waals surface area contributed by atoms with Crippen LogP contribution in [0.4, 0.5) is 4.39 Å². The second-order valence-electron chi connectivity index (χ2n) is 8.57. The molecule has 0 radical (unpaired) electrons. The van der Waals surface area contributed by atoms with E-state index in [2.05, 4.69) is 22.3 Å². The molecule has 1 aliphatic rings. The Morgan fingerprint density at radius 1 is 1.09 bits per heavy atom. The summed E-state index contributed by atoms with van der Waals surface area (Å²) >= 11 is 0. The Hall–Kier alpha value is -3.04. The van der Waals surface area contributed by atoms with E-state index in [0.717, 1.165) is 41.7 Å². The van der Waals surface area contributed by atoms with Gasteiger partial charge in [0.05, 0.1) is 29.1 Å². The van der Waals surface area contributed by atoms with Crippen molar-refractivity contribution in [1.82, 2.24) is 24.2 Å². The molecule has 33 heavy (non-hydrogen) atoms. The van der Waals surface area contributed by atoms with Gasteiger partial charge in [-0.15, -0.1) is 0 Å². The third-order valence-electron chi connectivity index (χ3n) is 6.18. The summed E-state index contributed by atoms with van der Waals surface area (Å²) in [5.74, 6) is 0.212. The molecule has 7 nitrogen and oxygen atoms in total. The molecule has 0 saturated carbocycles. The Kier molecular flexibility index (Phi) is 5.76. The van der Waals surface area contributed by atoms with Gasteiger partial charge in [0.15, 0.2) is 9.84 Å². The van der Waals surface area contributed by atoms with Gasteiger partial charge >= 0.3 is 0 Å². The molecular formula is C24H26FN5O2S. The van der Waals surface area contributed by atoms with Gasteiger partial charge < -0.3 is 4.90 Å². The third-order valence-corrected chi connectivity index (χ3v) is 7.79. The van der Waals surface area contributed by atoms with E-state index in [1.807, 2.05) is 29.9 Å². The quantitative estimate of drug-likeness (QED) is 0.435. The number of sulfone groups is 1. The molecule has 1 fully saturated rings. The fourth-order valence-electron chi connectivity index (χ4n) is 4.37. The van der Waals surface area contributed by atoms with Crippen molar-refractivity contribution >= 4 is 20.9 Å². The highest BCUT2D eigenvalue weighted by atomic mass is 32.2. The first kappa shape index (κ1) is 21.8. The largest absolute Gasteiger partial charge is 0.301 e. The van der Waals surface area contributed by atoms with Crippen molar-refractivity contribution in [3.8, 4) is 16.9 Å². The summed E-state index contributed by atoms with van der Waals surface area (Å²) in [6.07, 6.45) is 7.62. The number of halogens is 1. The Balaban J connectivity index is 1.43. The van der Waals surface area contributed by atoms with Gasteiger partial charge in [-0.2, -0.15) is 5.10 Å². The molecule has 4 aromatic rings. The number of aryl methyl sites for hydroxylation is 2. The van der Waals surface area contributed by atoms with Gasteiger partial charge in [-0.05, 0) is 49.2 Å². The highest BCUT2D eigenvalue weighted by Gasteiger charge is 2.21. The SMILES string of the molecule is Cn1cc(-n2cc(CCCN3CCS(=O)(=O)CC3)c3ccc(-c4cccc(F)c4)nc32)cn1. The van der Waals surface area contributed by atoms with Gasteiger partial charge in [-0.1, -0.05) is 12.1 Å². The van der Waals surface area contributed by atoms with Crippen molar-refractivity contribution in [2.45, 2.75) is 12.8 Å². The highest BCUT2D eigenvalue weighted by molar-refractivity contribution is 7.91. The molecule has 0 aliphatic carbocycles. The number of hydrogen-bond donors (Lipinski definition) is 0. The van der Waals surface area contributed by atoms with Crippen LogP contribution in [0, 0.1) is 5.82 Å². The van der Waals surface area contributed by atoms with Crippen LogP contribution in [0.15, 0.2) is 55.0 Å². The fraction of sp³-hybridized carbons (Fsp3) is 0.333. The van der Waals surface area contributed by atoms with Gasteiger partial charge in [-0.3, -0.25) is 9.25 Å². The van der Waals surface area contributed by atoms with Crippen molar-refractivity contribution in [1.29, 1.82) is 0 Å². The molecule has 5 rings (SSSR count). The predicted octanol–water partition coefficient (Wildman–Crippen LogP) is 3.23. The maximum atomic E-state index is 13.8. The predicted molar refractivity (Wildman–Crippen MR) is 127 cm³/mol. The maximum absolute atomic E-state index is 13.8. The Bertz CT molecular complexity index is 1400. The number of fused-ring (bicyclic) bond motifs is 1. The summed E-state index contributed by atoms with van der Waals surface area (Å²) in [6.45, 7) is 2.08. The Morgan fingerprint density at radius 2 is 1.91 bits per heavy atom. The number of rotatable bonds is 6. The molecule has 9 heteroatoms. The number of benzene rings is 1. The second kappa shape index (κ2) is 8.72.